The van der Waals surface area contributed by atoms with Crippen LogP contribution in [-0.4, -0.2) is 32.4 Å². The number of aromatic nitrogens is 2. The summed E-state index contributed by atoms with van der Waals surface area (Å²) in [5, 5.41) is 12.7. The molecule has 0 saturated heterocycles. The van der Waals surface area contributed by atoms with Crippen LogP contribution in [-0.2, 0) is 4.79 Å². The molecule has 19 heavy (non-hydrogen) atoms. The molecule has 0 saturated carbocycles. The molecule has 2 N–H and O–H groups in total. The topological polar surface area (TPSA) is 101 Å². The van der Waals surface area contributed by atoms with E-state index in [0.717, 1.165) is 6.20 Å². The average Bonchev–Trinajstić information content (AvgIpc) is 2.71. The number of hydrogen-bond acceptors (Lipinski definition) is 5. The van der Waals surface area contributed by atoms with Crippen LogP contribution in [0.1, 0.15) is 23.0 Å². The number of thiazole rings is 1. The van der Waals surface area contributed by atoms with Gasteiger partial charge < -0.3 is 10.4 Å². The van der Waals surface area contributed by atoms with Crippen LogP contribution in [0, 0.1) is 6.92 Å². The Labute approximate surface area is 111 Å². The normalized spacial score (nSPS) is 12.3. The Kier molecular flexibility index (Phi) is 3.34. The number of aliphatic carboxylic acids is 1. The fourth-order valence-electron chi connectivity index (χ4n) is 1.52. The third-order valence-electron chi connectivity index (χ3n) is 2.58. The number of fused-ring (bicyclic) bond motifs is 1. The lowest BCUT2D eigenvalue weighted by Gasteiger charge is -2.08. The fraction of sp³-hybridized carbons (Fsp3) is 0.273. The minimum atomic E-state index is -1.17. The first-order valence-corrected chi connectivity index (χ1v) is 6.29. The first-order valence-electron chi connectivity index (χ1n) is 5.41. The summed E-state index contributed by atoms with van der Waals surface area (Å²) < 4.78 is 1.32. The lowest BCUT2D eigenvalue weighted by atomic mass is 10.2. The van der Waals surface area contributed by atoms with E-state index in [0.29, 0.717) is 10.7 Å². The van der Waals surface area contributed by atoms with Gasteiger partial charge in [0.2, 0.25) is 0 Å². The highest BCUT2D eigenvalue weighted by molar-refractivity contribution is 7.15. The van der Waals surface area contributed by atoms with Crippen LogP contribution < -0.4 is 10.9 Å². The fourth-order valence-corrected chi connectivity index (χ4v) is 2.34. The van der Waals surface area contributed by atoms with E-state index in [2.05, 4.69) is 10.3 Å². The van der Waals surface area contributed by atoms with Gasteiger partial charge in [-0.2, -0.15) is 0 Å². The molecule has 0 aliphatic rings. The van der Waals surface area contributed by atoms with Gasteiger partial charge in [0.15, 0.2) is 4.96 Å². The van der Waals surface area contributed by atoms with Crippen molar-refractivity contribution in [2.24, 2.45) is 0 Å². The third kappa shape index (κ3) is 2.34. The molecule has 0 radical (unpaired) electrons. The number of amides is 1. The van der Waals surface area contributed by atoms with Gasteiger partial charge in [0.25, 0.3) is 11.5 Å². The Morgan fingerprint density at radius 2 is 2.21 bits per heavy atom. The molecule has 1 atom stereocenters. The van der Waals surface area contributed by atoms with Gasteiger partial charge in [0, 0.05) is 17.3 Å². The molecule has 0 aliphatic carbocycles. The Hall–Kier alpha value is -2.22. The van der Waals surface area contributed by atoms with Gasteiger partial charge in [-0.15, -0.1) is 11.3 Å². The van der Waals surface area contributed by atoms with E-state index in [1.54, 1.807) is 12.3 Å². The molecule has 0 aromatic carbocycles. The molecule has 1 amide bonds. The molecular weight excluding hydrogens is 270 g/mol. The zero-order valence-electron chi connectivity index (χ0n) is 10.2. The Balaban J connectivity index is 2.43. The van der Waals surface area contributed by atoms with Crippen molar-refractivity contribution in [1.29, 1.82) is 0 Å². The number of carboxylic acids is 1. The van der Waals surface area contributed by atoms with Crippen LogP contribution >= 0.6 is 11.3 Å². The van der Waals surface area contributed by atoms with Crippen LogP contribution in [0.2, 0.25) is 0 Å². The highest BCUT2D eigenvalue weighted by Gasteiger charge is 2.19. The van der Waals surface area contributed by atoms with Crippen molar-refractivity contribution in [3.63, 3.8) is 0 Å². The Morgan fingerprint density at radius 3 is 2.84 bits per heavy atom. The lowest BCUT2D eigenvalue weighted by Crippen LogP contribution is -2.41. The van der Waals surface area contributed by atoms with Gasteiger partial charge >= 0.3 is 5.97 Å². The van der Waals surface area contributed by atoms with Crippen molar-refractivity contribution in [3.05, 3.63) is 33.2 Å². The zero-order chi connectivity index (χ0) is 14.2. The van der Waals surface area contributed by atoms with Crippen molar-refractivity contribution in [3.8, 4) is 0 Å². The lowest BCUT2D eigenvalue weighted by molar-refractivity contribution is -0.138. The van der Waals surface area contributed by atoms with E-state index in [1.165, 1.54) is 22.7 Å². The van der Waals surface area contributed by atoms with Gasteiger partial charge in [0.1, 0.15) is 11.6 Å². The van der Waals surface area contributed by atoms with Crippen LogP contribution in [0.5, 0.6) is 0 Å². The first kappa shape index (κ1) is 13.2. The van der Waals surface area contributed by atoms with Crippen molar-refractivity contribution in [2.45, 2.75) is 19.9 Å². The molecule has 0 aliphatic heterocycles. The van der Waals surface area contributed by atoms with Gasteiger partial charge in [-0.05, 0) is 13.8 Å². The smallest absolute Gasteiger partial charge is 0.325 e. The summed E-state index contributed by atoms with van der Waals surface area (Å²) in [4.78, 5) is 39.1. The highest BCUT2D eigenvalue weighted by Crippen LogP contribution is 2.10. The predicted molar refractivity (Wildman–Crippen MR) is 68.6 cm³/mol. The third-order valence-corrected chi connectivity index (χ3v) is 3.54. The average molecular weight is 281 g/mol. The number of nitrogens with one attached hydrogen (secondary N) is 1. The van der Waals surface area contributed by atoms with Crippen molar-refractivity contribution in [1.82, 2.24) is 14.7 Å². The van der Waals surface area contributed by atoms with Gasteiger partial charge in [0.05, 0.1) is 0 Å². The largest absolute Gasteiger partial charge is 0.480 e. The molecule has 2 aromatic rings. The van der Waals surface area contributed by atoms with E-state index < -0.39 is 23.5 Å². The monoisotopic (exact) mass is 281 g/mol. The van der Waals surface area contributed by atoms with Crippen molar-refractivity contribution in [2.75, 3.05) is 0 Å². The maximum absolute atomic E-state index is 12.1. The van der Waals surface area contributed by atoms with Crippen LogP contribution in [0.25, 0.3) is 4.96 Å². The van der Waals surface area contributed by atoms with Crippen LogP contribution in [0.4, 0.5) is 0 Å². The summed E-state index contributed by atoms with van der Waals surface area (Å²) in [6, 6.07) is -1.07. The van der Waals surface area contributed by atoms with E-state index in [9.17, 15) is 14.4 Å². The van der Waals surface area contributed by atoms with E-state index in [4.69, 9.17) is 5.11 Å². The number of carbonyl (C=O) groups is 2. The second kappa shape index (κ2) is 4.81. The highest BCUT2D eigenvalue weighted by atomic mass is 32.1. The van der Waals surface area contributed by atoms with Crippen LogP contribution in [0.3, 0.4) is 0 Å². The van der Waals surface area contributed by atoms with Gasteiger partial charge in [-0.3, -0.25) is 18.8 Å². The Morgan fingerprint density at radius 1 is 1.53 bits per heavy atom. The molecule has 2 aromatic heterocycles. The zero-order valence-corrected chi connectivity index (χ0v) is 11.0. The number of aryl methyl sites for hydroxylation is 1. The standard InChI is InChI=1S/C11H11N3O4S/c1-5-4-19-11-12-3-7(9(16)14(5)11)8(15)13-6(2)10(17)18/h3-4,6H,1-2H3,(H,13,15)(H,17,18)/t6-/m1/s1. The second-order valence-electron chi connectivity index (χ2n) is 4.01. The maximum Gasteiger partial charge on any atom is 0.325 e. The predicted octanol–water partition coefficient (Wildman–Crippen LogP) is 0.267. The molecule has 8 heteroatoms. The number of carbonyl (C=O) groups excluding carboxylic acids is 1. The molecule has 0 spiro atoms. The summed E-state index contributed by atoms with van der Waals surface area (Å²) in [6.07, 6.45) is 1.16. The minimum absolute atomic E-state index is 0.174. The van der Waals surface area contributed by atoms with Crippen molar-refractivity contribution >= 4 is 28.2 Å². The summed E-state index contributed by atoms with van der Waals surface area (Å²) in [7, 11) is 0. The molecule has 2 heterocycles. The number of carboxylic acid groups (broad SMARTS) is 1. The number of hydrogen-bond donors (Lipinski definition) is 2. The molecule has 7 nitrogen and oxygen atoms in total. The second-order valence-corrected chi connectivity index (χ2v) is 4.84. The molecular formula is C11H11N3O4S. The molecule has 100 valence electrons. The maximum atomic E-state index is 12.1. The van der Waals surface area contributed by atoms with E-state index in [1.807, 2.05) is 0 Å². The first-order chi connectivity index (χ1) is 8.91. The van der Waals surface area contributed by atoms with Gasteiger partial charge in [-0.1, -0.05) is 0 Å². The molecule has 0 bridgehead atoms. The number of nitrogens with zero attached hydrogens (tertiary/aromatic N) is 2. The summed E-state index contributed by atoms with van der Waals surface area (Å²) >= 11 is 1.29. The molecule has 0 unspecified atom stereocenters. The van der Waals surface area contributed by atoms with E-state index >= 15 is 0 Å². The minimum Gasteiger partial charge on any atom is -0.480 e. The molecule has 2 rings (SSSR count). The SMILES string of the molecule is Cc1csc2ncc(C(=O)N[C@H](C)C(=O)O)c(=O)n12. The Bertz CT molecular complexity index is 718. The van der Waals surface area contributed by atoms with Crippen LogP contribution in [0.15, 0.2) is 16.4 Å². The summed E-state index contributed by atoms with van der Waals surface area (Å²) in [5.41, 5.74) is 0.00405. The summed E-state index contributed by atoms with van der Waals surface area (Å²) in [6.45, 7) is 3.05. The molecule has 0 fully saturated rings. The van der Waals surface area contributed by atoms with Crippen molar-refractivity contribution < 1.29 is 14.7 Å². The van der Waals surface area contributed by atoms with E-state index in [-0.39, 0.29) is 5.56 Å². The van der Waals surface area contributed by atoms with Gasteiger partial charge in [-0.25, -0.2) is 4.98 Å². The summed E-state index contributed by atoms with van der Waals surface area (Å²) in [5.74, 6) is -1.92. The quantitative estimate of drug-likeness (QED) is 0.841. The number of rotatable bonds is 3.